The highest BCUT2D eigenvalue weighted by atomic mass is 16.6. The third-order valence-corrected chi connectivity index (χ3v) is 2.96. The van der Waals surface area contributed by atoms with Crippen LogP contribution in [-0.2, 0) is 6.54 Å². The van der Waals surface area contributed by atoms with Gasteiger partial charge in [0.2, 0.25) is 0 Å². The SMILES string of the molecule is CCNc1cc(Cn2cc(C)cnc2=O)ccc1[N+](=O)[O-]. The minimum Gasteiger partial charge on any atom is -0.380 e. The lowest BCUT2D eigenvalue weighted by Crippen LogP contribution is -2.22. The molecule has 1 N–H and O–H groups in total. The molecule has 2 rings (SSSR count). The lowest BCUT2D eigenvalue weighted by Gasteiger charge is -2.09. The number of nitro benzene ring substituents is 1. The number of aromatic nitrogens is 2. The summed E-state index contributed by atoms with van der Waals surface area (Å²) in [5.41, 5.74) is 1.81. The summed E-state index contributed by atoms with van der Waals surface area (Å²) in [4.78, 5) is 26.0. The Morgan fingerprint density at radius 3 is 2.86 bits per heavy atom. The van der Waals surface area contributed by atoms with Crippen molar-refractivity contribution in [3.8, 4) is 0 Å². The largest absolute Gasteiger partial charge is 0.380 e. The highest BCUT2D eigenvalue weighted by molar-refractivity contribution is 5.62. The fraction of sp³-hybridized carbons (Fsp3) is 0.286. The summed E-state index contributed by atoms with van der Waals surface area (Å²) < 4.78 is 1.48. The van der Waals surface area contributed by atoms with Gasteiger partial charge in [0.1, 0.15) is 5.69 Å². The average Bonchev–Trinajstić information content (AvgIpc) is 2.43. The smallest absolute Gasteiger partial charge is 0.347 e. The summed E-state index contributed by atoms with van der Waals surface area (Å²) in [5.74, 6) is 0. The number of aryl methyl sites for hydroxylation is 1. The first-order valence-corrected chi connectivity index (χ1v) is 6.55. The van der Waals surface area contributed by atoms with Crippen molar-refractivity contribution in [3.63, 3.8) is 0 Å². The van der Waals surface area contributed by atoms with Gasteiger partial charge < -0.3 is 5.32 Å². The first-order valence-electron chi connectivity index (χ1n) is 6.55. The van der Waals surface area contributed by atoms with Crippen LogP contribution in [0.5, 0.6) is 0 Å². The molecule has 0 amide bonds. The van der Waals surface area contributed by atoms with E-state index in [0.29, 0.717) is 18.8 Å². The summed E-state index contributed by atoms with van der Waals surface area (Å²) in [6.07, 6.45) is 3.22. The molecule has 21 heavy (non-hydrogen) atoms. The van der Waals surface area contributed by atoms with E-state index in [0.717, 1.165) is 11.1 Å². The summed E-state index contributed by atoms with van der Waals surface area (Å²) in [7, 11) is 0. The van der Waals surface area contributed by atoms with Crippen LogP contribution in [-0.4, -0.2) is 21.0 Å². The van der Waals surface area contributed by atoms with Crippen molar-refractivity contribution >= 4 is 11.4 Å². The Labute approximate surface area is 121 Å². The molecule has 0 fully saturated rings. The van der Waals surface area contributed by atoms with E-state index >= 15 is 0 Å². The molecule has 7 nitrogen and oxygen atoms in total. The van der Waals surface area contributed by atoms with Gasteiger partial charge in [0, 0.05) is 25.0 Å². The van der Waals surface area contributed by atoms with Crippen molar-refractivity contribution in [2.75, 3.05) is 11.9 Å². The monoisotopic (exact) mass is 288 g/mol. The molecule has 1 aromatic carbocycles. The number of anilines is 1. The van der Waals surface area contributed by atoms with Crippen molar-refractivity contribution < 1.29 is 4.92 Å². The highest BCUT2D eigenvalue weighted by Crippen LogP contribution is 2.25. The first kappa shape index (κ1) is 14.7. The van der Waals surface area contributed by atoms with Crippen LogP contribution in [0.25, 0.3) is 0 Å². The minimum absolute atomic E-state index is 0.0234. The van der Waals surface area contributed by atoms with Gasteiger partial charge >= 0.3 is 5.69 Å². The predicted molar refractivity (Wildman–Crippen MR) is 79.6 cm³/mol. The summed E-state index contributed by atoms with van der Waals surface area (Å²) in [5, 5.41) is 13.9. The van der Waals surface area contributed by atoms with Gasteiger partial charge in [0.15, 0.2) is 0 Å². The van der Waals surface area contributed by atoms with Crippen molar-refractivity contribution in [2.24, 2.45) is 0 Å². The molecule has 0 atom stereocenters. The van der Waals surface area contributed by atoms with Gasteiger partial charge in [-0.2, -0.15) is 0 Å². The molecule has 0 unspecified atom stereocenters. The van der Waals surface area contributed by atoms with E-state index in [2.05, 4.69) is 10.3 Å². The molecule has 7 heteroatoms. The Bertz CT molecular complexity index is 724. The third kappa shape index (κ3) is 3.44. The topological polar surface area (TPSA) is 90.1 Å². The van der Waals surface area contributed by atoms with E-state index in [4.69, 9.17) is 0 Å². The maximum Gasteiger partial charge on any atom is 0.347 e. The minimum atomic E-state index is -0.428. The van der Waals surface area contributed by atoms with Gasteiger partial charge in [-0.3, -0.25) is 14.7 Å². The van der Waals surface area contributed by atoms with Crippen molar-refractivity contribution in [1.29, 1.82) is 0 Å². The summed E-state index contributed by atoms with van der Waals surface area (Å²) in [6.45, 7) is 4.62. The van der Waals surface area contributed by atoms with E-state index < -0.39 is 4.92 Å². The van der Waals surface area contributed by atoms with Crippen LogP contribution in [0.15, 0.2) is 35.4 Å². The lowest BCUT2D eigenvalue weighted by molar-refractivity contribution is -0.384. The normalized spacial score (nSPS) is 10.4. The lowest BCUT2D eigenvalue weighted by atomic mass is 10.1. The molecule has 0 aliphatic carbocycles. The van der Waals surface area contributed by atoms with Crippen LogP contribution in [0.1, 0.15) is 18.1 Å². The standard InChI is InChI=1S/C14H16N4O3/c1-3-15-12-6-11(4-5-13(12)18(20)21)9-17-8-10(2)7-16-14(17)19/h4-8,15H,3,9H2,1-2H3. The van der Waals surface area contributed by atoms with Gasteiger partial charge in [0.25, 0.3) is 5.69 Å². The number of rotatable bonds is 5. The summed E-state index contributed by atoms with van der Waals surface area (Å²) >= 11 is 0. The molecule has 110 valence electrons. The van der Waals surface area contributed by atoms with E-state index in [1.807, 2.05) is 13.8 Å². The van der Waals surface area contributed by atoms with Crippen molar-refractivity contribution in [3.05, 3.63) is 62.3 Å². The second kappa shape index (κ2) is 6.17. The average molecular weight is 288 g/mol. The molecule has 0 aliphatic heterocycles. The molecule has 0 bridgehead atoms. The van der Waals surface area contributed by atoms with Crippen molar-refractivity contribution in [1.82, 2.24) is 9.55 Å². The fourth-order valence-electron chi connectivity index (χ4n) is 2.05. The maximum absolute atomic E-state index is 11.7. The molecule has 0 saturated heterocycles. The maximum atomic E-state index is 11.7. The number of nitrogens with one attached hydrogen (secondary N) is 1. The number of nitro groups is 1. The first-order chi connectivity index (χ1) is 10.0. The zero-order chi connectivity index (χ0) is 15.4. The summed E-state index contributed by atoms with van der Waals surface area (Å²) in [6, 6.07) is 4.78. The van der Waals surface area contributed by atoms with Crippen LogP contribution in [0, 0.1) is 17.0 Å². The van der Waals surface area contributed by atoms with Gasteiger partial charge in [-0.15, -0.1) is 0 Å². The number of hydrogen-bond donors (Lipinski definition) is 1. The molecule has 0 saturated carbocycles. The Balaban J connectivity index is 2.36. The van der Waals surface area contributed by atoms with Crippen LogP contribution < -0.4 is 11.0 Å². The van der Waals surface area contributed by atoms with Gasteiger partial charge in [-0.05, 0) is 31.0 Å². The third-order valence-electron chi connectivity index (χ3n) is 2.96. The van der Waals surface area contributed by atoms with Gasteiger partial charge in [-0.25, -0.2) is 9.78 Å². The van der Waals surface area contributed by atoms with Crippen LogP contribution in [0.2, 0.25) is 0 Å². The number of benzene rings is 1. The second-order valence-electron chi connectivity index (χ2n) is 4.68. The number of hydrogen-bond acceptors (Lipinski definition) is 5. The predicted octanol–water partition coefficient (Wildman–Crippen LogP) is 1.94. The number of nitrogens with zero attached hydrogens (tertiary/aromatic N) is 3. The van der Waals surface area contributed by atoms with Crippen LogP contribution >= 0.6 is 0 Å². The highest BCUT2D eigenvalue weighted by Gasteiger charge is 2.13. The van der Waals surface area contributed by atoms with Crippen LogP contribution in [0.3, 0.4) is 0 Å². The molecule has 0 aliphatic rings. The molecule has 1 heterocycles. The fourth-order valence-corrected chi connectivity index (χ4v) is 2.05. The Kier molecular flexibility index (Phi) is 4.32. The van der Waals surface area contributed by atoms with Crippen LogP contribution in [0.4, 0.5) is 11.4 Å². The Morgan fingerprint density at radius 2 is 2.19 bits per heavy atom. The zero-order valence-electron chi connectivity index (χ0n) is 11.9. The van der Waals surface area contributed by atoms with E-state index in [9.17, 15) is 14.9 Å². The zero-order valence-corrected chi connectivity index (χ0v) is 11.9. The van der Waals surface area contributed by atoms with E-state index in [-0.39, 0.29) is 11.4 Å². The van der Waals surface area contributed by atoms with Gasteiger partial charge in [-0.1, -0.05) is 6.07 Å². The van der Waals surface area contributed by atoms with Crippen molar-refractivity contribution in [2.45, 2.75) is 20.4 Å². The second-order valence-corrected chi connectivity index (χ2v) is 4.68. The molecule has 2 aromatic rings. The van der Waals surface area contributed by atoms with E-state index in [1.54, 1.807) is 18.3 Å². The van der Waals surface area contributed by atoms with Gasteiger partial charge in [0.05, 0.1) is 11.5 Å². The molecule has 1 aromatic heterocycles. The Morgan fingerprint density at radius 1 is 1.43 bits per heavy atom. The quantitative estimate of drug-likeness (QED) is 0.670. The molecule has 0 spiro atoms. The molecular weight excluding hydrogens is 272 g/mol. The Hall–Kier alpha value is -2.70. The van der Waals surface area contributed by atoms with E-state index in [1.165, 1.54) is 16.8 Å². The molecular formula is C14H16N4O3. The molecule has 0 radical (unpaired) electrons.